The number of amides is 1. The molecular weight excluding hydrogens is 481 g/mol. The second kappa shape index (κ2) is 10.8. The molecule has 3 rings (SSSR count). The molecule has 1 atom stereocenters. The lowest BCUT2D eigenvalue weighted by molar-refractivity contribution is -0.113. The molecule has 0 radical (unpaired) electrons. The zero-order chi connectivity index (χ0) is 23.3. The number of anilines is 1. The van der Waals surface area contributed by atoms with Crippen LogP contribution in [0.2, 0.25) is 10.0 Å². The predicted octanol–water partition coefficient (Wildman–Crippen LogP) is 5.92. The van der Waals surface area contributed by atoms with Crippen LogP contribution in [0.4, 0.5) is 14.5 Å². The molecule has 32 heavy (non-hydrogen) atoms. The Bertz CT molecular complexity index is 1140. The van der Waals surface area contributed by atoms with Gasteiger partial charge in [0.25, 0.3) is 0 Å². The summed E-state index contributed by atoms with van der Waals surface area (Å²) < 4.78 is 34.4. The molecule has 0 fully saturated rings. The molecule has 1 aromatic heterocycles. The molecule has 0 saturated heterocycles. The van der Waals surface area contributed by atoms with Crippen molar-refractivity contribution in [3.63, 3.8) is 0 Å². The zero-order valence-corrected chi connectivity index (χ0v) is 19.1. The quantitative estimate of drug-likeness (QED) is 0.293. The normalized spacial score (nSPS) is 11.8. The molecule has 2 aromatic carbocycles. The smallest absolute Gasteiger partial charge is 0.234 e. The molecule has 0 spiro atoms. The molecule has 0 saturated carbocycles. The summed E-state index contributed by atoms with van der Waals surface area (Å²) >= 11 is 13.3. The van der Waals surface area contributed by atoms with Crippen LogP contribution in [0.25, 0.3) is 0 Å². The van der Waals surface area contributed by atoms with Gasteiger partial charge in [-0.05, 0) is 31.2 Å². The highest BCUT2D eigenvalue weighted by atomic mass is 35.5. The van der Waals surface area contributed by atoms with Crippen LogP contribution in [-0.4, -0.2) is 26.4 Å². The number of carbonyl (C=O) groups is 1. The Morgan fingerprint density at radius 2 is 2.06 bits per heavy atom. The molecule has 1 N–H and O–H groups in total. The van der Waals surface area contributed by atoms with Gasteiger partial charge in [-0.25, -0.2) is 8.78 Å². The first-order valence-electron chi connectivity index (χ1n) is 9.32. The lowest BCUT2D eigenvalue weighted by Gasteiger charge is -2.16. The van der Waals surface area contributed by atoms with Crippen LogP contribution in [0.5, 0.6) is 5.75 Å². The van der Waals surface area contributed by atoms with Gasteiger partial charge < -0.3 is 10.1 Å². The molecule has 0 bridgehead atoms. The number of nitrogens with zero attached hydrogens (tertiary/aromatic N) is 3. The van der Waals surface area contributed by atoms with Gasteiger partial charge >= 0.3 is 0 Å². The van der Waals surface area contributed by atoms with E-state index in [0.29, 0.717) is 39.4 Å². The van der Waals surface area contributed by atoms with Crippen molar-refractivity contribution < 1.29 is 18.3 Å². The summed E-state index contributed by atoms with van der Waals surface area (Å²) in [5, 5.41) is 12.0. The van der Waals surface area contributed by atoms with Crippen LogP contribution in [0.1, 0.15) is 18.9 Å². The van der Waals surface area contributed by atoms with E-state index in [0.717, 1.165) is 23.9 Å². The molecule has 1 unspecified atom stereocenters. The minimum absolute atomic E-state index is 0.0680. The van der Waals surface area contributed by atoms with Crippen molar-refractivity contribution in [1.82, 2.24) is 14.8 Å². The Kier molecular flexibility index (Phi) is 8.11. The third-order valence-corrected chi connectivity index (χ3v) is 5.67. The number of thioether (sulfide) groups is 1. The SMILES string of the molecule is C=CCn1c(SCC(=O)Nc2ccc(F)cc2F)nnc1C(C)Oc1cc(Cl)ccc1Cl. The molecule has 3 aromatic rings. The third kappa shape index (κ3) is 5.99. The van der Waals surface area contributed by atoms with Crippen molar-refractivity contribution >= 4 is 46.6 Å². The van der Waals surface area contributed by atoms with Crippen LogP contribution in [0.15, 0.2) is 54.2 Å². The zero-order valence-electron chi connectivity index (χ0n) is 16.8. The van der Waals surface area contributed by atoms with Gasteiger partial charge in [0.05, 0.1) is 16.5 Å². The van der Waals surface area contributed by atoms with E-state index >= 15 is 0 Å². The number of ether oxygens (including phenoxy) is 1. The minimum atomic E-state index is -0.855. The van der Waals surface area contributed by atoms with Crippen LogP contribution < -0.4 is 10.1 Å². The van der Waals surface area contributed by atoms with E-state index in [-0.39, 0.29) is 11.4 Å². The first-order valence-corrected chi connectivity index (χ1v) is 11.1. The van der Waals surface area contributed by atoms with Crippen molar-refractivity contribution in [2.45, 2.75) is 24.7 Å². The van der Waals surface area contributed by atoms with Crippen molar-refractivity contribution in [2.24, 2.45) is 0 Å². The van der Waals surface area contributed by atoms with Crippen LogP contribution in [0.3, 0.4) is 0 Å². The summed E-state index contributed by atoms with van der Waals surface area (Å²) in [6.07, 6.45) is 1.12. The highest BCUT2D eigenvalue weighted by Gasteiger charge is 2.21. The second-order valence-electron chi connectivity index (χ2n) is 6.54. The summed E-state index contributed by atoms with van der Waals surface area (Å²) in [5.41, 5.74) is -0.106. The summed E-state index contributed by atoms with van der Waals surface area (Å²) in [5.74, 6) is -1.24. The van der Waals surface area contributed by atoms with E-state index < -0.39 is 23.6 Å². The van der Waals surface area contributed by atoms with E-state index in [2.05, 4.69) is 22.1 Å². The molecule has 6 nitrogen and oxygen atoms in total. The largest absolute Gasteiger partial charge is 0.481 e. The number of hydrogen-bond acceptors (Lipinski definition) is 5. The topological polar surface area (TPSA) is 69.0 Å². The van der Waals surface area contributed by atoms with Gasteiger partial charge in [0.15, 0.2) is 17.1 Å². The fraction of sp³-hybridized carbons (Fsp3) is 0.190. The Hall–Kier alpha value is -2.62. The first-order chi connectivity index (χ1) is 15.3. The van der Waals surface area contributed by atoms with Gasteiger partial charge in [0.2, 0.25) is 5.91 Å². The van der Waals surface area contributed by atoms with Crippen LogP contribution >= 0.6 is 35.0 Å². The van der Waals surface area contributed by atoms with Gasteiger partial charge in [-0.2, -0.15) is 0 Å². The number of carbonyl (C=O) groups excluding carboxylic acids is 1. The molecule has 1 amide bonds. The molecule has 0 aliphatic rings. The molecule has 11 heteroatoms. The van der Waals surface area contributed by atoms with E-state index in [4.69, 9.17) is 27.9 Å². The van der Waals surface area contributed by atoms with Crippen LogP contribution in [-0.2, 0) is 11.3 Å². The van der Waals surface area contributed by atoms with E-state index in [1.165, 1.54) is 0 Å². The lowest BCUT2D eigenvalue weighted by Crippen LogP contribution is -2.16. The fourth-order valence-corrected chi connectivity index (χ4v) is 3.81. The molecule has 1 heterocycles. The maximum absolute atomic E-state index is 13.7. The number of nitrogens with one attached hydrogen (secondary N) is 1. The van der Waals surface area contributed by atoms with Gasteiger partial charge in [-0.1, -0.05) is 41.0 Å². The number of hydrogen-bond donors (Lipinski definition) is 1. The number of rotatable bonds is 9. The highest BCUT2D eigenvalue weighted by molar-refractivity contribution is 7.99. The van der Waals surface area contributed by atoms with Gasteiger partial charge in [-0.3, -0.25) is 9.36 Å². The molecule has 0 aliphatic carbocycles. The van der Waals surface area contributed by atoms with E-state index in [1.54, 1.807) is 35.8 Å². The average Bonchev–Trinajstić information content (AvgIpc) is 3.14. The Morgan fingerprint density at radius 3 is 2.78 bits per heavy atom. The van der Waals surface area contributed by atoms with Crippen molar-refractivity contribution in [3.05, 3.63) is 76.6 Å². The summed E-state index contributed by atoms with van der Waals surface area (Å²) in [7, 11) is 0. The first kappa shape index (κ1) is 24.0. The summed E-state index contributed by atoms with van der Waals surface area (Å²) in [6, 6.07) is 7.80. The molecule has 168 valence electrons. The number of allylic oxidation sites excluding steroid dienone is 1. The maximum atomic E-state index is 13.7. The number of aromatic nitrogens is 3. The predicted molar refractivity (Wildman–Crippen MR) is 121 cm³/mol. The average molecular weight is 499 g/mol. The Labute approximate surface area is 197 Å². The summed E-state index contributed by atoms with van der Waals surface area (Å²) in [4.78, 5) is 12.2. The Balaban J connectivity index is 1.70. The van der Waals surface area contributed by atoms with Gasteiger partial charge in [0.1, 0.15) is 17.4 Å². The Morgan fingerprint density at radius 1 is 1.28 bits per heavy atom. The lowest BCUT2D eigenvalue weighted by atomic mass is 10.3. The molecular formula is C21H18Cl2F2N4O2S. The highest BCUT2D eigenvalue weighted by Crippen LogP contribution is 2.32. The standard InChI is InChI=1S/C21H18Cl2F2N4O2S/c1-3-8-29-20(12(2)31-18-9-13(22)4-6-15(18)23)27-28-21(29)32-11-19(30)26-17-7-5-14(24)10-16(17)25/h3-7,9-10,12H,1,8,11H2,2H3,(H,26,30). The minimum Gasteiger partial charge on any atom is -0.481 e. The third-order valence-electron chi connectivity index (χ3n) is 4.16. The van der Waals surface area contributed by atoms with Crippen molar-refractivity contribution in [2.75, 3.05) is 11.1 Å². The summed E-state index contributed by atoms with van der Waals surface area (Å²) in [6.45, 7) is 5.89. The van der Waals surface area contributed by atoms with Crippen molar-refractivity contribution in [1.29, 1.82) is 0 Å². The van der Waals surface area contributed by atoms with Crippen molar-refractivity contribution in [3.8, 4) is 5.75 Å². The monoisotopic (exact) mass is 498 g/mol. The van der Waals surface area contributed by atoms with E-state index in [1.807, 2.05) is 0 Å². The maximum Gasteiger partial charge on any atom is 0.234 e. The van der Waals surface area contributed by atoms with Crippen LogP contribution in [0, 0.1) is 11.6 Å². The second-order valence-corrected chi connectivity index (χ2v) is 8.32. The molecule has 0 aliphatic heterocycles. The fourth-order valence-electron chi connectivity index (χ4n) is 2.73. The van der Waals surface area contributed by atoms with Gasteiger partial charge in [0, 0.05) is 23.7 Å². The van der Waals surface area contributed by atoms with E-state index in [9.17, 15) is 13.6 Å². The number of halogens is 4. The number of benzene rings is 2. The van der Waals surface area contributed by atoms with Gasteiger partial charge in [-0.15, -0.1) is 16.8 Å².